The SMILES string of the molecule is C[C@@H](O)[C@H]1Oc2ccc([N+](=O)[O-])cc2NC1=O. The van der Waals surface area contributed by atoms with E-state index in [0.29, 0.717) is 5.75 Å². The largest absolute Gasteiger partial charge is 0.476 e. The average Bonchev–Trinajstić information content (AvgIpc) is 2.26. The molecule has 1 amide bonds. The molecule has 0 fully saturated rings. The number of fused-ring (bicyclic) bond motifs is 1. The van der Waals surface area contributed by atoms with Gasteiger partial charge in [0.1, 0.15) is 5.75 Å². The maximum atomic E-state index is 11.5. The average molecular weight is 238 g/mol. The zero-order chi connectivity index (χ0) is 12.6. The fourth-order valence-electron chi connectivity index (χ4n) is 1.54. The van der Waals surface area contributed by atoms with Crippen LogP contribution in [0.15, 0.2) is 18.2 Å². The third kappa shape index (κ3) is 2.04. The first-order valence-electron chi connectivity index (χ1n) is 4.93. The third-order valence-electron chi connectivity index (χ3n) is 2.38. The summed E-state index contributed by atoms with van der Waals surface area (Å²) in [6, 6.07) is 3.88. The summed E-state index contributed by atoms with van der Waals surface area (Å²) < 4.78 is 5.26. The molecule has 0 saturated carbocycles. The van der Waals surface area contributed by atoms with Gasteiger partial charge in [0, 0.05) is 12.1 Å². The Morgan fingerprint density at radius 2 is 2.29 bits per heavy atom. The van der Waals surface area contributed by atoms with Gasteiger partial charge in [-0.05, 0) is 13.0 Å². The van der Waals surface area contributed by atoms with Gasteiger partial charge in [-0.2, -0.15) is 0 Å². The predicted octanol–water partition coefficient (Wildman–Crippen LogP) is 0.675. The fraction of sp³-hybridized carbons (Fsp3) is 0.300. The lowest BCUT2D eigenvalue weighted by atomic mass is 10.1. The topological polar surface area (TPSA) is 102 Å². The first-order chi connectivity index (χ1) is 7.99. The normalized spacial score (nSPS) is 19.9. The van der Waals surface area contributed by atoms with Crippen LogP contribution in [0.5, 0.6) is 5.75 Å². The number of hydrogen-bond donors (Lipinski definition) is 2. The van der Waals surface area contributed by atoms with Crippen molar-refractivity contribution in [3.63, 3.8) is 0 Å². The Morgan fingerprint density at radius 3 is 2.88 bits per heavy atom. The Hall–Kier alpha value is -2.15. The number of nitro groups is 1. The summed E-state index contributed by atoms with van der Waals surface area (Å²) in [5.41, 5.74) is 0.101. The van der Waals surface area contributed by atoms with Gasteiger partial charge in [0.05, 0.1) is 16.7 Å². The number of anilines is 1. The van der Waals surface area contributed by atoms with E-state index in [0.717, 1.165) is 0 Å². The number of carbonyl (C=O) groups is 1. The number of nitrogens with zero attached hydrogens (tertiary/aromatic N) is 1. The van der Waals surface area contributed by atoms with Crippen LogP contribution in [0.4, 0.5) is 11.4 Å². The van der Waals surface area contributed by atoms with Crippen LogP contribution < -0.4 is 10.1 Å². The quantitative estimate of drug-likeness (QED) is 0.582. The van der Waals surface area contributed by atoms with Crippen molar-refractivity contribution in [3.05, 3.63) is 28.3 Å². The molecule has 0 aliphatic carbocycles. The molecule has 1 heterocycles. The van der Waals surface area contributed by atoms with Crippen LogP contribution in [-0.2, 0) is 4.79 Å². The minimum Gasteiger partial charge on any atom is -0.476 e. The number of rotatable bonds is 2. The molecule has 17 heavy (non-hydrogen) atoms. The van der Waals surface area contributed by atoms with Crippen LogP contribution in [0, 0.1) is 10.1 Å². The van der Waals surface area contributed by atoms with E-state index in [4.69, 9.17) is 4.74 Å². The molecule has 2 atom stereocenters. The first kappa shape index (κ1) is 11.3. The molecule has 0 saturated heterocycles. The molecule has 2 N–H and O–H groups in total. The minimum absolute atomic E-state index is 0.136. The van der Waals surface area contributed by atoms with Crippen molar-refractivity contribution in [2.24, 2.45) is 0 Å². The molecule has 0 bridgehead atoms. The number of aliphatic hydroxyl groups excluding tert-OH is 1. The molecule has 2 rings (SSSR count). The molecule has 0 spiro atoms. The second-order valence-corrected chi connectivity index (χ2v) is 3.71. The van der Waals surface area contributed by atoms with Crippen LogP contribution >= 0.6 is 0 Å². The van der Waals surface area contributed by atoms with E-state index in [2.05, 4.69) is 5.32 Å². The molecule has 1 aliphatic heterocycles. The number of ether oxygens (including phenoxy) is 1. The summed E-state index contributed by atoms with van der Waals surface area (Å²) in [6.07, 6.45) is -1.96. The van der Waals surface area contributed by atoms with Gasteiger partial charge in [0.15, 0.2) is 0 Å². The van der Waals surface area contributed by atoms with Gasteiger partial charge in [-0.15, -0.1) is 0 Å². The Kier molecular flexibility index (Phi) is 2.68. The highest BCUT2D eigenvalue weighted by molar-refractivity contribution is 5.98. The Labute approximate surface area is 96.2 Å². The lowest BCUT2D eigenvalue weighted by molar-refractivity contribution is -0.384. The molecule has 7 heteroatoms. The van der Waals surface area contributed by atoms with Crippen molar-refractivity contribution >= 4 is 17.3 Å². The zero-order valence-electron chi connectivity index (χ0n) is 8.91. The molecular formula is C10H10N2O5. The molecule has 0 radical (unpaired) electrons. The van der Waals surface area contributed by atoms with E-state index in [9.17, 15) is 20.0 Å². The molecule has 1 aliphatic rings. The van der Waals surface area contributed by atoms with Crippen LogP contribution in [-0.4, -0.2) is 28.1 Å². The van der Waals surface area contributed by atoms with Crippen LogP contribution in [0.3, 0.4) is 0 Å². The predicted molar refractivity (Wildman–Crippen MR) is 57.8 cm³/mol. The highest BCUT2D eigenvalue weighted by atomic mass is 16.6. The third-order valence-corrected chi connectivity index (χ3v) is 2.38. The number of nitrogens with one attached hydrogen (secondary N) is 1. The smallest absolute Gasteiger partial charge is 0.271 e. The second kappa shape index (κ2) is 4.02. The lowest BCUT2D eigenvalue weighted by Crippen LogP contribution is -2.44. The van der Waals surface area contributed by atoms with Crippen LogP contribution in [0.2, 0.25) is 0 Å². The Bertz CT molecular complexity index is 486. The molecular weight excluding hydrogens is 228 g/mol. The summed E-state index contributed by atoms with van der Waals surface area (Å²) >= 11 is 0. The lowest BCUT2D eigenvalue weighted by Gasteiger charge is -2.27. The van der Waals surface area contributed by atoms with E-state index in [1.54, 1.807) is 0 Å². The zero-order valence-corrected chi connectivity index (χ0v) is 8.91. The van der Waals surface area contributed by atoms with Gasteiger partial charge in [0.25, 0.3) is 11.6 Å². The van der Waals surface area contributed by atoms with Crippen LogP contribution in [0.1, 0.15) is 6.92 Å². The van der Waals surface area contributed by atoms with Gasteiger partial charge < -0.3 is 15.2 Å². The van der Waals surface area contributed by atoms with E-state index < -0.39 is 23.0 Å². The number of carbonyl (C=O) groups excluding carboxylic acids is 1. The van der Waals surface area contributed by atoms with E-state index in [1.807, 2.05) is 0 Å². The van der Waals surface area contributed by atoms with Gasteiger partial charge in [-0.1, -0.05) is 0 Å². The van der Waals surface area contributed by atoms with Crippen molar-refractivity contribution in [3.8, 4) is 5.75 Å². The first-order valence-corrected chi connectivity index (χ1v) is 4.93. The van der Waals surface area contributed by atoms with Crippen molar-refractivity contribution in [2.75, 3.05) is 5.32 Å². The second-order valence-electron chi connectivity index (χ2n) is 3.71. The minimum atomic E-state index is -0.996. The summed E-state index contributed by atoms with van der Waals surface area (Å²) in [5.74, 6) is -0.214. The van der Waals surface area contributed by atoms with Gasteiger partial charge in [-0.3, -0.25) is 14.9 Å². The van der Waals surface area contributed by atoms with Gasteiger partial charge in [-0.25, -0.2) is 0 Å². The summed E-state index contributed by atoms with van der Waals surface area (Å²) in [6.45, 7) is 1.43. The van der Waals surface area contributed by atoms with Crippen molar-refractivity contribution in [1.82, 2.24) is 0 Å². The number of non-ortho nitro benzene ring substituents is 1. The summed E-state index contributed by atoms with van der Waals surface area (Å²) in [7, 11) is 0. The van der Waals surface area contributed by atoms with Crippen molar-refractivity contribution < 1.29 is 19.6 Å². The highest BCUT2D eigenvalue weighted by Crippen LogP contribution is 2.33. The van der Waals surface area contributed by atoms with E-state index in [1.165, 1.54) is 25.1 Å². The Morgan fingerprint density at radius 1 is 1.59 bits per heavy atom. The van der Waals surface area contributed by atoms with Gasteiger partial charge >= 0.3 is 0 Å². The number of nitro benzene ring substituents is 1. The molecule has 7 nitrogen and oxygen atoms in total. The number of benzene rings is 1. The maximum absolute atomic E-state index is 11.5. The van der Waals surface area contributed by atoms with Crippen molar-refractivity contribution in [1.29, 1.82) is 0 Å². The van der Waals surface area contributed by atoms with E-state index >= 15 is 0 Å². The molecule has 0 aromatic heterocycles. The number of aliphatic hydroxyl groups is 1. The van der Waals surface area contributed by atoms with Gasteiger partial charge in [0.2, 0.25) is 6.10 Å². The molecule has 1 aromatic carbocycles. The summed E-state index contributed by atoms with van der Waals surface area (Å²) in [4.78, 5) is 21.5. The molecule has 0 unspecified atom stereocenters. The standard InChI is InChI=1S/C10H10N2O5/c1-5(13)9-10(14)11-7-4-6(12(15)16)2-3-8(7)17-9/h2-5,9,13H,1H3,(H,11,14)/t5-,9-/m1/s1. The van der Waals surface area contributed by atoms with E-state index in [-0.39, 0.29) is 11.4 Å². The fourth-order valence-corrected chi connectivity index (χ4v) is 1.54. The monoisotopic (exact) mass is 238 g/mol. The number of hydrogen-bond acceptors (Lipinski definition) is 5. The van der Waals surface area contributed by atoms with Crippen LogP contribution in [0.25, 0.3) is 0 Å². The Balaban J connectivity index is 2.35. The highest BCUT2D eigenvalue weighted by Gasteiger charge is 2.32. The molecule has 1 aromatic rings. The molecule has 90 valence electrons. The van der Waals surface area contributed by atoms with Crippen molar-refractivity contribution in [2.45, 2.75) is 19.1 Å². The number of amides is 1. The summed E-state index contributed by atoms with van der Waals surface area (Å²) in [5, 5.41) is 22.3. The maximum Gasteiger partial charge on any atom is 0.271 e.